The summed E-state index contributed by atoms with van der Waals surface area (Å²) in [7, 11) is 0. The molecule has 0 fully saturated rings. The molecule has 1 aromatic rings. The molecule has 0 aliphatic rings. The number of nitrogens with zero attached hydrogens (tertiary/aromatic N) is 1. The van der Waals surface area contributed by atoms with Crippen LogP contribution in [-0.4, -0.2) is 23.6 Å². The topological polar surface area (TPSA) is 56.0 Å². The summed E-state index contributed by atoms with van der Waals surface area (Å²) in [5.41, 5.74) is 1.42. The van der Waals surface area contributed by atoms with Gasteiger partial charge in [0, 0.05) is 16.7 Å². The number of nitrogens with one attached hydrogen (secondary N) is 1. The molecule has 0 aliphatic heterocycles. The molecule has 0 amide bonds. The van der Waals surface area contributed by atoms with E-state index in [1.807, 2.05) is 0 Å². The van der Waals surface area contributed by atoms with Crippen LogP contribution in [0.2, 0.25) is 0 Å². The van der Waals surface area contributed by atoms with Gasteiger partial charge in [0.25, 0.3) is 0 Å². The van der Waals surface area contributed by atoms with Gasteiger partial charge in [-0.15, -0.1) is 11.6 Å². The van der Waals surface area contributed by atoms with Crippen LogP contribution in [-0.2, 0) is 0 Å². The minimum atomic E-state index is -0.568. The highest BCUT2D eigenvalue weighted by Crippen LogP contribution is 2.20. The van der Waals surface area contributed by atoms with Crippen molar-refractivity contribution in [2.24, 2.45) is 0 Å². The Kier molecular flexibility index (Phi) is 4.89. The summed E-state index contributed by atoms with van der Waals surface area (Å²) < 4.78 is 0.732. The molecule has 15 heavy (non-hydrogen) atoms. The van der Waals surface area contributed by atoms with Crippen molar-refractivity contribution in [1.29, 1.82) is 5.26 Å². The van der Waals surface area contributed by atoms with Gasteiger partial charge in [0.05, 0.1) is 17.5 Å². The van der Waals surface area contributed by atoms with E-state index in [1.54, 1.807) is 18.2 Å². The lowest BCUT2D eigenvalue weighted by molar-refractivity contribution is 0.211. The highest BCUT2D eigenvalue weighted by atomic mass is 79.9. The first-order valence-electron chi connectivity index (χ1n) is 4.35. The van der Waals surface area contributed by atoms with Crippen LogP contribution in [0.3, 0.4) is 0 Å². The molecule has 2 N–H and O–H groups in total. The first-order valence-corrected chi connectivity index (χ1v) is 5.67. The number of nitriles is 1. The van der Waals surface area contributed by atoms with Crippen LogP contribution in [0.25, 0.3) is 0 Å². The van der Waals surface area contributed by atoms with E-state index in [0.717, 1.165) is 10.2 Å². The molecule has 1 aromatic carbocycles. The fourth-order valence-corrected chi connectivity index (χ4v) is 1.58. The van der Waals surface area contributed by atoms with Gasteiger partial charge in [0.15, 0.2) is 0 Å². The minimum absolute atomic E-state index is 0.199. The van der Waals surface area contributed by atoms with Crippen molar-refractivity contribution in [3.63, 3.8) is 0 Å². The van der Waals surface area contributed by atoms with Crippen LogP contribution in [0, 0.1) is 11.3 Å². The summed E-state index contributed by atoms with van der Waals surface area (Å²) in [5.74, 6) is 0.199. The Morgan fingerprint density at radius 2 is 2.33 bits per heavy atom. The van der Waals surface area contributed by atoms with E-state index in [4.69, 9.17) is 16.9 Å². The fourth-order valence-electron chi connectivity index (χ4n) is 1.01. The summed E-state index contributed by atoms with van der Waals surface area (Å²) in [6, 6.07) is 7.33. The van der Waals surface area contributed by atoms with E-state index in [-0.39, 0.29) is 5.88 Å². The van der Waals surface area contributed by atoms with Gasteiger partial charge in [-0.25, -0.2) is 0 Å². The van der Waals surface area contributed by atoms with E-state index in [2.05, 4.69) is 27.3 Å². The molecule has 0 aliphatic carbocycles. The second-order valence-corrected chi connectivity index (χ2v) is 4.16. The second kappa shape index (κ2) is 5.96. The number of rotatable bonds is 4. The van der Waals surface area contributed by atoms with E-state index in [0.29, 0.717) is 12.1 Å². The number of anilines is 1. The third-order valence-electron chi connectivity index (χ3n) is 1.81. The largest absolute Gasteiger partial charge is 0.390 e. The van der Waals surface area contributed by atoms with Crippen molar-refractivity contribution in [1.82, 2.24) is 0 Å². The molecule has 0 saturated carbocycles. The van der Waals surface area contributed by atoms with Crippen LogP contribution in [0.5, 0.6) is 0 Å². The van der Waals surface area contributed by atoms with Gasteiger partial charge in [-0.1, -0.05) is 0 Å². The Morgan fingerprint density at radius 1 is 1.60 bits per heavy atom. The van der Waals surface area contributed by atoms with Gasteiger partial charge in [-0.3, -0.25) is 0 Å². The number of hydrogen-bond donors (Lipinski definition) is 2. The molecule has 0 aromatic heterocycles. The fraction of sp³-hybridized carbons (Fsp3) is 0.300. The summed E-state index contributed by atoms with van der Waals surface area (Å²) in [4.78, 5) is 0. The van der Waals surface area contributed by atoms with Crippen molar-refractivity contribution in [2.45, 2.75) is 6.10 Å². The number of benzene rings is 1. The standard InChI is InChI=1S/C10H10BrClN2O/c11-10-3-8(2-1-7(10)5-13)14-6-9(15)4-12/h1-3,9,14-15H,4,6H2. The molecule has 3 nitrogen and oxygen atoms in total. The predicted molar refractivity (Wildman–Crippen MR) is 64.1 cm³/mol. The van der Waals surface area contributed by atoms with Crippen LogP contribution in [0.15, 0.2) is 22.7 Å². The monoisotopic (exact) mass is 288 g/mol. The zero-order chi connectivity index (χ0) is 11.3. The van der Waals surface area contributed by atoms with Gasteiger partial charge < -0.3 is 10.4 Å². The second-order valence-electron chi connectivity index (χ2n) is 3.00. The molecule has 0 radical (unpaired) electrons. The van der Waals surface area contributed by atoms with Crippen molar-refractivity contribution in [2.75, 3.05) is 17.7 Å². The minimum Gasteiger partial charge on any atom is -0.390 e. The molecule has 1 unspecified atom stereocenters. The van der Waals surface area contributed by atoms with Crippen molar-refractivity contribution in [3.8, 4) is 6.07 Å². The summed E-state index contributed by atoms with van der Waals surface area (Å²) in [6.45, 7) is 0.391. The van der Waals surface area contributed by atoms with E-state index in [9.17, 15) is 5.11 Å². The lowest BCUT2D eigenvalue weighted by atomic mass is 10.2. The van der Waals surface area contributed by atoms with Gasteiger partial charge in [0.1, 0.15) is 6.07 Å². The lowest BCUT2D eigenvalue weighted by Gasteiger charge is -2.10. The maximum absolute atomic E-state index is 9.23. The van der Waals surface area contributed by atoms with Crippen molar-refractivity contribution in [3.05, 3.63) is 28.2 Å². The average molecular weight is 290 g/mol. The highest BCUT2D eigenvalue weighted by Gasteiger charge is 2.03. The van der Waals surface area contributed by atoms with Crippen LogP contribution >= 0.6 is 27.5 Å². The van der Waals surface area contributed by atoms with Crippen molar-refractivity contribution >= 4 is 33.2 Å². The molecule has 1 rings (SSSR count). The first-order chi connectivity index (χ1) is 7.17. The van der Waals surface area contributed by atoms with Crippen molar-refractivity contribution < 1.29 is 5.11 Å². The molecular formula is C10H10BrClN2O. The number of hydrogen-bond acceptors (Lipinski definition) is 3. The highest BCUT2D eigenvalue weighted by molar-refractivity contribution is 9.10. The van der Waals surface area contributed by atoms with E-state index >= 15 is 0 Å². The molecular weight excluding hydrogens is 279 g/mol. The zero-order valence-corrected chi connectivity index (χ0v) is 10.2. The maximum Gasteiger partial charge on any atom is 0.100 e. The van der Waals surface area contributed by atoms with Gasteiger partial charge in [-0.05, 0) is 34.1 Å². The van der Waals surface area contributed by atoms with Gasteiger partial charge >= 0.3 is 0 Å². The Bertz CT molecular complexity index is 378. The maximum atomic E-state index is 9.23. The third kappa shape index (κ3) is 3.71. The van der Waals surface area contributed by atoms with Crippen LogP contribution in [0.4, 0.5) is 5.69 Å². The summed E-state index contributed by atoms with van der Waals surface area (Å²) in [6.07, 6.45) is -0.568. The smallest absolute Gasteiger partial charge is 0.100 e. The van der Waals surface area contributed by atoms with Gasteiger partial charge in [0.2, 0.25) is 0 Å². The Balaban J connectivity index is 2.64. The molecule has 1 atom stereocenters. The lowest BCUT2D eigenvalue weighted by Crippen LogP contribution is -2.20. The number of aliphatic hydroxyl groups excluding tert-OH is 1. The number of alkyl halides is 1. The number of aliphatic hydroxyl groups is 1. The normalized spacial score (nSPS) is 11.9. The van der Waals surface area contributed by atoms with Crippen LogP contribution in [0.1, 0.15) is 5.56 Å². The Morgan fingerprint density at radius 3 is 2.87 bits per heavy atom. The Hall–Kier alpha value is -0.760. The van der Waals surface area contributed by atoms with E-state index in [1.165, 1.54) is 0 Å². The Labute approximate surface area is 102 Å². The zero-order valence-electron chi connectivity index (χ0n) is 7.87. The molecule has 0 spiro atoms. The van der Waals surface area contributed by atoms with Gasteiger partial charge in [-0.2, -0.15) is 5.26 Å². The molecule has 0 saturated heterocycles. The average Bonchev–Trinajstić information content (AvgIpc) is 2.26. The summed E-state index contributed by atoms with van der Waals surface area (Å²) >= 11 is 8.74. The molecule has 0 heterocycles. The first kappa shape index (κ1) is 12.3. The number of halogens is 2. The quantitative estimate of drug-likeness (QED) is 0.837. The molecule has 80 valence electrons. The van der Waals surface area contributed by atoms with Crippen LogP contribution < -0.4 is 5.32 Å². The van der Waals surface area contributed by atoms with E-state index < -0.39 is 6.10 Å². The predicted octanol–water partition coefficient (Wildman–Crippen LogP) is 2.33. The third-order valence-corrected chi connectivity index (χ3v) is 2.82. The SMILES string of the molecule is N#Cc1ccc(NCC(O)CCl)cc1Br. The molecule has 5 heteroatoms. The summed E-state index contributed by atoms with van der Waals surface area (Å²) in [5, 5.41) is 21.0. The molecule has 0 bridgehead atoms.